The van der Waals surface area contributed by atoms with Crippen LogP contribution >= 0.6 is 0 Å². The second-order valence-electron chi connectivity index (χ2n) is 5.56. The van der Waals surface area contributed by atoms with Crippen LogP contribution in [-0.4, -0.2) is 28.2 Å². The van der Waals surface area contributed by atoms with Gasteiger partial charge in [-0.05, 0) is 26.7 Å². The van der Waals surface area contributed by atoms with E-state index in [-0.39, 0.29) is 11.6 Å². The van der Waals surface area contributed by atoms with Crippen LogP contribution in [0.4, 0.5) is 5.95 Å². The normalized spacial score (nSPS) is 18.3. The lowest BCUT2D eigenvalue weighted by molar-refractivity contribution is 0.232. The SMILES string of the molecule is CC(C)Oc1ccnc(NC2(CN)CCCCC2)n1. The number of anilines is 1. The lowest BCUT2D eigenvalue weighted by atomic mass is 9.82. The molecule has 0 amide bonds. The molecule has 0 atom stereocenters. The summed E-state index contributed by atoms with van der Waals surface area (Å²) < 4.78 is 5.59. The molecule has 1 fully saturated rings. The Morgan fingerprint density at radius 2 is 2.11 bits per heavy atom. The molecular weight excluding hydrogens is 240 g/mol. The molecule has 0 unspecified atom stereocenters. The van der Waals surface area contributed by atoms with Gasteiger partial charge in [0.1, 0.15) is 0 Å². The van der Waals surface area contributed by atoms with Gasteiger partial charge in [0.2, 0.25) is 11.8 Å². The molecule has 0 bridgehead atoms. The van der Waals surface area contributed by atoms with E-state index in [0.29, 0.717) is 18.4 Å². The molecule has 0 saturated heterocycles. The maximum Gasteiger partial charge on any atom is 0.226 e. The zero-order valence-electron chi connectivity index (χ0n) is 11.9. The Labute approximate surface area is 115 Å². The fraction of sp³-hybridized carbons (Fsp3) is 0.714. The molecule has 1 aliphatic carbocycles. The Morgan fingerprint density at radius 1 is 1.37 bits per heavy atom. The molecule has 5 heteroatoms. The first-order valence-electron chi connectivity index (χ1n) is 7.11. The summed E-state index contributed by atoms with van der Waals surface area (Å²) in [7, 11) is 0. The highest BCUT2D eigenvalue weighted by molar-refractivity contribution is 5.32. The highest BCUT2D eigenvalue weighted by Gasteiger charge is 2.31. The number of nitrogens with two attached hydrogens (primary N) is 1. The van der Waals surface area contributed by atoms with Gasteiger partial charge in [0, 0.05) is 18.8 Å². The van der Waals surface area contributed by atoms with Crippen LogP contribution in [0.2, 0.25) is 0 Å². The summed E-state index contributed by atoms with van der Waals surface area (Å²) in [4.78, 5) is 8.68. The van der Waals surface area contributed by atoms with E-state index in [2.05, 4.69) is 15.3 Å². The second kappa shape index (κ2) is 6.19. The van der Waals surface area contributed by atoms with Crippen molar-refractivity contribution >= 4 is 5.95 Å². The monoisotopic (exact) mass is 264 g/mol. The number of ether oxygens (including phenoxy) is 1. The molecule has 1 heterocycles. The Kier molecular flexibility index (Phi) is 4.58. The van der Waals surface area contributed by atoms with E-state index in [9.17, 15) is 0 Å². The summed E-state index contributed by atoms with van der Waals surface area (Å²) in [6, 6.07) is 1.78. The average Bonchev–Trinajstić information content (AvgIpc) is 2.39. The fourth-order valence-electron chi connectivity index (χ4n) is 2.56. The summed E-state index contributed by atoms with van der Waals surface area (Å²) in [6.07, 6.45) is 7.73. The minimum Gasteiger partial charge on any atom is -0.475 e. The first-order chi connectivity index (χ1) is 9.13. The minimum atomic E-state index is -0.0469. The van der Waals surface area contributed by atoms with Crippen molar-refractivity contribution in [1.29, 1.82) is 0 Å². The maximum absolute atomic E-state index is 5.96. The fourth-order valence-corrected chi connectivity index (χ4v) is 2.56. The van der Waals surface area contributed by atoms with Crippen molar-refractivity contribution in [3.63, 3.8) is 0 Å². The number of rotatable bonds is 5. The van der Waals surface area contributed by atoms with Gasteiger partial charge in [-0.2, -0.15) is 4.98 Å². The van der Waals surface area contributed by atoms with Crippen molar-refractivity contribution in [3.05, 3.63) is 12.3 Å². The van der Waals surface area contributed by atoms with Gasteiger partial charge < -0.3 is 15.8 Å². The van der Waals surface area contributed by atoms with Crippen LogP contribution in [0, 0.1) is 0 Å². The quantitative estimate of drug-likeness (QED) is 0.854. The molecular formula is C14H24N4O. The van der Waals surface area contributed by atoms with E-state index < -0.39 is 0 Å². The first kappa shape index (κ1) is 14.1. The van der Waals surface area contributed by atoms with Crippen molar-refractivity contribution in [2.75, 3.05) is 11.9 Å². The van der Waals surface area contributed by atoms with Crippen molar-refractivity contribution in [1.82, 2.24) is 9.97 Å². The summed E-state index contributed by atoms with van der Waals surface area (Å²) in [5, 5.41) is 3.43. The maximum atomic E-state index is 5.96. The summed E-state index contributed by atoms with van der Waals surface area (Å²) in [5.74, 6) is 1.22. The molecule has 1 saturated carbocycles. The molecule has 0 radical (unpaired) electrons. The number of aromatic nitrogens is 2. The zero-order valence-corrected chi connectivity index (χ0v) is 11.9. The van der Waals surface area contributed by atoms with Gasteiger partial charge in [-0.25, -0.2) is 4.98 Å². The van der Waals surface area contributed by atoms with Gasteiger partial charge in [0.05, 0.1) is 11.6 Å². The lowest BCUT2D eigenvalue weighted by Gasteiger charge is -2.37. The van der Waals surface area contributed by atoms with Crippen LogP contribution in [-0.2, 0) is 0 Å². The molecule has 3 N–H and O–H groups in total. The van der Waals surface area contributed by atoms with Gasteiger partial charge in [-0.1, -0.05) is 19.3 Å². The molecule has 5 nitrogen and oxygen atoms in total. The highest BCUT2D eigenvalue weighted by Crippen LogP contribution is 2.30. The first-order valence-corrected chi connectivity index (χ1v) is 7.11. The summed E-state index contributed by atoms with van der Waals surface area (Å²) in [6.45, 7) is 4.58. The van der Waals surface area contributed by atoms with Crippen molar-refractivity contribution < 1.29 is 4.74 Å². The largest absolute Gasteiger partial charge is 0.475 e. The molecule has 106 valence electrons. The number of nitrogens with zero attached hydrogens (tertiary/aromatic N) is 2. The Balaban J connectivity index is 2.08. The van der Waals surface area contributed by atoms with Gasteiger partial charge >= 0.3 is 0 Å². The van der Waals surface area contributed by atoms with Gasteiger partial charge in [-0.15, -0.1) is 0 Å². The molecule has 19 heavy (non-hydrogen) atoms. The van der Waals surface area contributed by atoms with Gasteiger partial charge in [-0.3, -0.25) is 0 Å². The van der Waals surface area contributed by atoms with Crippen LogP contribution in [0.15, 0.2) is 12.3 Å². The van der Waals surface area contributed by atoms with E-state index in [1.807, 2.05) is 13.8 Å². The van der Waals surface area contributed by atoms with Crippen molar-refractivity contribution in [3.8, 4) is 5.88 Å². The third kappa shape index (κ3) is 3.80. The molecule has 1 aromatic rings. The third-order valence-corrected chi connectivity index (χ3v) is 3.56. The van der Waals surface area contributed by atoms with Crippen LogP contribution < -0.4 is 15.8 Å². The van der Waals surface area contributed by atoms with Crippen LogP contribution in [0.25, 0.3) is 0 Å². The predicted molar refractivity (Wildman–Crippen MR) is 76.3 cm³/mol. The number of nitrogens with one attached hydrogen (secondary N) is 1. The Morgan fingerprint density at radius 3 is 2.74 bits per heavy atom. The Hall–Kier alpha value is -1.36. The topological polar surface area (TPSA) is 73.1 Å². The van der Waals surface area contributed by atoms with Crippen LogP contribution in [0.3, 0.4) is 0 Å². The molecule has 2 rings (SSSR count). The standard InChI is InChI=1S/C14H24N4O/c1-11(2)19-12-6-9-16-13(17-12)18-14(10-15)7-4-3-5-8-14/h6,9,11H,3-5,7-8,10,15H2,1-2H3,(H,16,17,18). The summed E-state index contributed by atoms with van der Waals surface area (Å²) >= 11 is 0. The number of hydrogen-bond donors (Lipinski definition) is 2. The molecule has 1 aromatic heterocycles. The van der Waals surface area contributed by atoms with E-state index in [1.54, 1.807) is 12.3 Å². The van der Waals surface area contributed by atoms with Crippen LogP contribution in [0.5, 0.6) is 5.88 Å². The van der Waals surface area contributed by atoms with E-state index in [0.717, 1.165) is 12.8 Å². The molecule has 1 aliphatic rings. The second-order valence-corrected chi connectivity index (χ2v) is 5.56. The van der Waals surface area contributed by atoms with Gasteiger partial charge in [0.15, 0.2) is 0 Å². The highest BCUT2D eigenvalue weighted by atomic mass is 16.5. The van der Waals surface area contributed by atoms with E-state index in [1.165, 1.54) is 19.3 Å². The van der Waals surface area contributed by atoms with Crippen molar-refractivity contribution in [2.45, 2.75) is 57.6 Å². The predicted octanol–water partition coefficient (Wildman–Crippen LogP) is 2.34. The summed E-state index contributed by atoms with van der Waals surface area (Å²) in [5.41, 5.74) is 5.91. The molecule has 0 spiro atoms. The van der Waals surface area contributed by atoms with Crippen LogP contribution in [0.1, 0.15) is 46.0 Å². The Bertz CT molecular complexity index is 402. The van der Waals surface area contributed by atoms with E-state index >= 15 is 0 Å². The van der Waals surface area contributed by atoms with Gasteiger partial charge in [0.25, 0.3) is 0 Å². The molecule has 0 aromatic carbocycles. The number of hydrogen-bond acceptors (Lipinski definition) is 5. The smallest absolute Gasteiger partial charge is 0.226 e. The molecule has 0 aliphatic heterocycles. The van der Waals surface area contributed by atoms with Crippen molar-refractivity contribution in [2.24, 2.45) is 5.73 Å². The minimum absolute atomic E-state index is 0.0469. The lowest BCUT2D eigenvalue weighted by Crippen LogP contribution is -2.47. The van der Waals surface area contributed by atoms with E-state index in [4.69, 9.17) is 10.5 Å². The third-order valence-electron chi connectivity index (χ3n) is 3.56. The average molecular weight is 264 g/mol. The zero-order chi connectivity index (χ0) is 13.7.